The zero-order valence-electron chi connectivity index (χ0n) is 10.3. The van der Waals surface area contributed by atoms with Crippen molar-refractivity contribution in [2.45, 2.75) is 19.5 Å². The van der Waals surface area contributed by atoms with Gasteiger partial charge >= 0.3 is 0 Å². The molecule has 0 radical (unpaired) electrons. The van der Waals surface area contributed by atoms with Crippen molar-refractivity contribution in [1.29, 1.82) is 0 Å². The summed E-state index contributed by atoms with van der Waals surface area (Å²) in [5, 5.41) is 0. The number of fused-ring (bicyclic) bond motifs is 1. The largest absolute Gasteiger partial charge is 0.294 e. The average molecular weight is 302 g/mol. The van der Waals surface area contributed by atoms with E-state index >= 15 is 0 Å². The Morgan fingerprint density at radius 3 is 2.67 bits per heavy atom. The molecular formula is C16H16BrN. The van der Waals surface area contributed by atoms with Crippen LogP contribution >= 0.6 is 15.9 Å². The molecule has 18 heavy (non-hydrogen) atoms. The van der Waals surface area contributed by atoms with Crippen LogP contribution in [0.3, 0.4) is 0 Å². The fraction of sp³-hybridized carbons (Fsp3) is 0.250. The predicted octanol–water partition coefficient (Wildman–Crippen LogP) is 4.01. The minimum Gasteiger partial charge on any atom is -0.294 e. The van der Waals surface area contributed by atoms with Gasteiger partial charge < -0.3 is 0 Å². The van der Waals surface area contributed by atoms with E-state index in [1.54, 1.807) is 0 Å². The SMILES string of the molecule is Brc1cccc(CN2CCc3ccccc3C2)c1. The van der Waals surface area contributed by atoms with Crippen molar-refractivity contribution < 1.29 is 0 Å². The van der Waals surface area contributed by atoms with E-state index in [4.69, 9.17) is 0 Å². The van der Waals surface area contributed by atoms with Crippen LogP contribution < -0.4 is 0 Å². The molecule has 0 aliphatic carbocycles. The van der Waals surface area contributed by atoms with Gasteiger partial charge in [-0.15, -0.1) is 0 Å². The molecule has 0 N–H and O–H groups in total. The third kappa shape index (κ3) is 2.65. The first-order valence-electron chi connectivity index (χ1n) is 6.35. The Hall–Kier alpha value is -1.12. The zero-order chi connectivity index (χ0) is 12.4. The van der Waals surface area contributed by atoms with Gasteiger partial charge in [0.25, 0.3) is 0 Å². The summed E-state index contributed by atoms with van der Waals surface area (Å²) in [4.78, 5) is 2.52. The van der Waals surface area contributed by atoms with Gasteiger partial charge in [-0.05, 0) is 35.2 Å². The molecule has 92 valence electrons. The first kappa shape index (κ1) is 11.9. The van der Waals surface area contributed by atoms with E-state index in [1.807, 2.05) is 0 Å². The molecule has 0 fully saturated rings. The highest BCUT2D eigenvalue weighted by Gasteiger charge is 2.15. The highest BCUT2D eigenvalue weighted by atomic mass is 79.9. The second-order valence-corrected chi connectivity index (χ2v) is 5.77. The first-order valence-corrected chi connectivity index (χ1v) is 7.14. The Morgan fingerprint density at radius 2 is 1.83 bits per heavy atom. The highest BCUT2D eigenvalue weighted by Crippen LogP contribution is 2.21. The second-order valence-electron chi connectivity index (χ2n) is 4.86. The molecule has 1 heterocycles. The molecule has 2 heteroatoms. The maximum Gasteiger partial charge on any atom is 0.0240 e. The van der Waals surface area contributed by atoms with Gasteiger partial charge in [-0.25, -0.2) is 0 Å². The van der Waals surface area contributed by atoms with Crippen LogP contribution in [-0.2, 0) is 19.5 Å². The summed E-state index contributed by atoms with van der Waals surface area (Å²) in [6.45, 7) is 3.26. The number of hydrogen-bond donors (Lipinski definition) is 0. The average Bonchev–Trinajstić information content (AvgIpc) is 2.39. The van der Waals surface area contributed by atoms with Crippen molar-refractivity contribution >= 4 is 15.9 Å². The molecule has 0 aromatic heterocycles. The van der Waals surface area contributed by atoms with E-state index in [2.05, 4.69) is 69.4 Å². The Bertz CT molecular complexity index is 550. The smallest absolute Gasteiger partial charge is 0.0240 e. The predicted molar refractivity (Wildman–Crippen MR) is 78.4 cm³/mol. The van der Waals surface area contributed by atoms with Gasteiger partial charge in [0, 0.05) is 24.1 Å². The normalized spacial score (nSPS) is 15.4. The molecule has 0 spiro atoms. The second kappa shape index (κ2) is 5.25. The van der Waals surface area contributed by atoms with Gasteiger partial charge in [0.05, 0.1) is 0 Å². The van der Waals surface area contributed by atoms with Crippen LogP contribution in [0.15, 0.2) is 53.0 Å². The molecule has 0 amide bonds. The van der Waals surface area contributed by atoms with Gasteiger partial charge in [0.15, 0.2) is 0 Å². The lowest BCUT2D eigenvalue weighted by Crippen LogP contribution is -2.29. The number of hydrogen-bond acceptors (Lipinski definition) is 1. The van der Waals surface area contributed by atoms with E-state index in [0.717, 1.165) is 24.1 Å². The standard InChI is InChI=1S/C16H16BrN/c17-16-7-3-4-13(10-16)11-18-9-8-14-5-1-2-6-15(14)12-18/h1-7,10H,8-9,11-12H2. The van der Waals surface area contributed by atoms with Crippen LogP contribution in [0.25, 0.3) is 0 Å². The molecule has 1 aliphatic heterocycles. The fourth-order valence-electron chi connectivity index (χ4n) is 2.58. The highest BCUT2D eigenvalue weighted by molar-refractivity contribution is 9.10. The lowest BCUT2D eigenvalue weighted by molar-refractivity contribution is 0.245. The van der Waals surface area contributed by atoms with Gasteiger partial charge in [0.2, 0.25) is 0 Å². The van der Waals surface area contributed by atoms with Crippen LogP contribution in [0.1, 0.15) is 16.7 Å². The molecule has 0 unspecified atom stereocenters. The molecule has 2 aromatic carbocycles. The Balaban J connectivity index is 1.73. The molecule has 1 nitrogen and oxygen atoms in total. The summed E-state index contributed by atoms with van der Waals surface area (Å²) >= 11 is 3.53. The minimum atomic E-state index is 1.04. The lowest BCUT2D eigenvalue weighted by atomic mass is 9.99. The molecule has 2 aromatic rings. The van der Waals surface area contributed by atoms with Gasteiger partial charge in [0.1, 0.15) is 0 Å². The van der Waals surface area contributed by atoms with Crippen molar-refractivity contribution in [3.05, 3.63) is 69.7 Å². The van der Waals surface area contributed by atoms with Crippen molar-refractivity contribution in [3.63, 3.8) is 0 Å². The summed E-state index contributed by atoms with van der Waals surface area (Å²) in [6.07, 6.45) is 1.17. The maximum atomic E-state index is 3.53. The van der Waals surface area contributed by atoms with Gasteiger partial charge in [-0.1, -0.05) is 52.3 Å². The molecule has 0 saturated carbocycles. The van der Waals surface area contributed by atoms with Crippen molar-refractivity contribution in [1.82, 2.24) is 4.90 Å². The third-order valence-electron chi connectivity index (χ3n) is 3.50. The maximum absolute atomic E-state index is 3.53. The lowest BCUT2D eigenvalue weighted by Gasteiger charge is -2.28. The molecule has 3 rings (SSSR count). The van der Waals surface area contributed by atoms with Crippen molar-refractivity contribution in [3.8, 4) is 0 Å². The summed E-state index contributed by atoms with van der Waals surface area (Å²) in [5.74, 6) is 0. The summed E-state index contributed by atoms with van der Waals surface area (Å²) in [5.41, 5.74) is 4.38. The first-order chi connectivity index (χ1) is 8.81. The quantitative estimate of drug-likeness (QED) is 0.810. The number of halogens is 1. The topological polar surface area (TPSA) is 3.24 Å². The Kier molecular flexibility index (Phi) is 3.48. The summed E-state index contributed by atoms with van der Waals surface area (Å²) in [7, 11) is 0. The van der Waals surface area contributed by atoms with Crippen LogP contribution in [0.2, 0.25) is 0 Å². The Morgan fingerprint density at radius 1 is 1.00 bits per heavy atom. The minimum absolute atomic E-state index is 1.04. The molecule has 1 aliphatic rings. The van der Waals surface area contributed by atoms with E-state index in [1.165, 1.54) is 23.1 Å². The van der Waals surface area contributed by atoms with E-state index in [-0.39, 0.29) is 0 Å². The van der Waals surface area contributed by atoms with Crippen LogP contribution in [-0.4, -0.2) is 11.4 Å². The molecular weight excluding hydrogens is 286 g/mol. The van der Waals surface area contributed by atoms with Crippen LogP contribution in [0.4, 0.5) is 0 Å². The number of rotatable bonds is 2. The van der Waals surface area contributed by atoms with E-state index < -0.39 is 0 Å². The molecule has 0 atom stereocenters. The summed E-state index contributed by atoms with van der Waals surface area (Å²) in [6, 6.07) is 17.4. The number of nitrogens with zero attached hydrogens (tertiary/aromatic N) is 1. The fourth-order valence-corrected chi connectivity index (χ4v) is 3.03. The Labute approximate surface area is 117 Å². The van der Waals surface area contributed by atoms with Crippen molar-refractivity contribution in [2.75, 3.05) is 6.54 Å². The zero-order valence-corrected chi connectivity index (χ0v) is 11.9. The molecule has 0 bridgehead atoms. The van der Waals surface area contributed by atoms with Crippen LogP contribution in [0, 0.1) is 0 Å². The third-order valence-corrected chi connectivity index (χ3v) is 4.00. The van der Waals surface area contributed by atoms with Gasteiger partial charge in [-0.2, -0.15) is 0 Å². The van der Waals surface area contributed by atoms with Crippen LogP contribution in [0.5, 0.6) is 0 Å². The van der Waals surface area contributed by atoms with Crippen molar-refractivity contribution in [2.24, 2.45) is 0 Å². The molecule has 0 saturated heterocycles. The van der Waals surface area contributed by atoms with E-state index in [0.29, 0.717) is 0 Å². The van der Waals surface area contributed by atoms with Gasteiger partial charge in [-0.3, -0.25) is 4.90 Å². The monoisotopic (exact) mass is 301 g/mol. The van der Waals surface area contributed by atoms with E-state index in [9.17, 15) is 0 Å². The number of benzene rings is 2. The summed E-state index contributed by atoms with van der Waals surface area (Å²) < 4.78 is 1.16.